The van der Waals surface area contributed by atoms with E-state index >= 15 is 0 Å². The second-order valence-electron chi connectivity index (χ2n) is 4.07. The van der Waals surface area contributed by atoms with E-state index in [-0.39, 0.29) is 12.4 Å². The molecule has 3 nitrogen and oxygen atoms in total. The summed E-state index contributed by atoms with van der Waals surface area (Å²) in [4.78, 5) is 0. The molecule has 0 spiro atoms. The largest absolute Gasteiger partial charge is 0.493 e. The molecule has 0 amide bonds. The number of hydrogen-bond acceptors (Lipinski definition) is 3. The van der Waals surface area contributed by atoms with Gasteiger partial charge in [-0.25, -0.2) is 4.39 Å². The fraction of sp³-hybridized carbons (Fsp3) is 0.200. The Kier molecular flexibility index (Phi) is 4.36. The van der Waals surface area contributed by atoms with E-state index in [0.29, 0.717) is 23.6 Å². The first-order valence-electron chi connectivity index (χ1n) is 5.97. The Labute approximate surface area is 111 Å². The first-order chi connectivity index (χ1) is 9.24. The van der Waals surface area contributed by atoms with E-state index in [1.807, 2.05) is 12.1 Å². The van der Waals surface area contributed by atoms with Gasteiger partial charge in [0.2, 0.25) is 0 Å². The van der Waals surface area contributed by atoms with Crippen LogP contribution in [-0.4, -0.2) is 7.11 Å². The van der Waals surface area contributed by atoms with Crippen LogP contribution in [0, 0.1) is 5.82 Å². The van der Waals surface area contributed by atoms with Crippen LogP contribution in [-0.2, 0) is 13.2 Å². The van der Waals surface area contributed by atoms with E-state index in [2.05, 4.69) is 0 Å². The zero-order chi connectivity index (χ0) is 13.7. The van der Waals surface area contributed by atoms with Crippen molar-refractivity contribution in [3.63, 3.8) is 0 Å². The summed E-state index contributed by atoms with van der Waals surface area (Å²) in [6, 6.07) is 12.0. The highest BCUT2D eigenvalue weighted by atomic mass is 19.1. The molecule has 2 aromatic rings. The van der Waals surface area contributed by atoms with Crippen molar-refractivity contribution in [3.05, 3.63) is 59.4 Å². The summed E-state index contributed by atoms with van der Waals surface area (Å²) in [5.41, 5.74) is 7.02. The molecule has 0 aliphatic heterocycles. The molecule has 100 valence electrons. The third-order valence-corrected chi connectivity index (χ3v) is 2.80. The van der Waals surface area contributed by atoms with Crippen LogP contribution < -0.4 is 15.2 Å². The van der Waals surface area contributed by atoms with E-state index in [1.165, 1.54) is 6.07 Å². The Morgan fingerprint density at radius 3 is 2.58 bits per heavy atom. The maximum atomic E-state index is 13.5. The molecule has 0 radical (unpaired) electrons. The fourth-order valence-electron chi connectivity index (χ4n) is 1.73. The Morgan fingerprint density at radius 2 is 1.89 bits per heavy atom. The predicted octanol–water partition coefficient (Wildman–Crippen LogP) is 2.87. The number of benzene rings is 2. The van der Waals surface area contributed by atoms with Crippen molar-refractivity contribution in [2.24, 2.45) is 5.73 Å². The lowest BCUT2D eigenvalue weighted by atomic mass is 10.2. The number of ether oxygens (including phenoxy) is 2. The number of hydrogen-bond donors (Lipinski definition) is 1. The zero-order valence-electron chi connectivity index (χ0n) is 10.7. The molecule has 4 heteroatoms. The molecule has 0 saturated carbocycles. The maximum Gasteiger partial charge on any atom is 0.161 e. The first-order valence-corrected chi connectivity index (χ1v) is 5.97. The van der Waals surface area contributed by atoms with Crippen LogP contribution in [0.25, 0.3) is 0 Å². The molecule has 0 aliphatic carbocycles. The topological polar surface area (TPSA) is 44.5 Å². The van der Waals surface area contributed by atoms with Crippen LogP contribution in [0.4, 0.5) is 4.39 Å². The number of methoxy groups -OCH3 is 1. The Hall–Kier alpha value is -2.07. The van der Waals surface area contributed by atoms with Gasteiger partial charge in [-0.1, -0.05) is 24.3 Å². The van der Waals surface area contributed by atoms with Crippen LogP contribution in [0.5, 0.6) is 11.5 Å². The van der Waals surface area contributed by atoms with Gasteiger partial charge in [0.25, 0.3) is 0 Å². The van der Waals surface area contributed by atoms with Gasteiger partial charge in [0, 0.05) is 12.1 Å². The maximum absolute atomic E-state index is 13.5. The van der Waals surface area contributed by atoms with Crippen molar-refractivity contribution in [3.8, 4) is 11.5 Å². The quantitative estimate of drug-likeness (QED) is 0.900. The summed E-state index contributed by atoms with van der Waals surface area (Å²) in [7, 11) is 1.56. The fourth-order valence-corrected chi connectivity index (χ4v) is 1.73. The van der Waals surface area contributed by atoms with Crippen LogP contribution in [0.3, 0.4) is 0 Å². The molecule has 2 N–H and O–H groups in total. The molecule has 0 heterocycles. The van der Waals surface area contributed by atoms with Crippen LogP contribution in [0.2, 0.25) is 0 Å². The van der Waals surface area contributed by atoms with Gasteiger partial charge in [0.05, 0.1) is 7.11 Å². The normalized spacial score (nSPS) is 10.3. The molecule has 0 atom stereocenters. The van der Waals surface area contributed by atoms with Crippen LogP contribution in [0.1, 0.15) is 11.1 Å². The van der Waals surface area contributed by atoms with Crippen molar-refractivity contribution >= 4 is 0 Å². The van der Waals surface area contributed by atoms with Crippen molar-refractivity contribution in [2.75, 3.05) is 7.11 Å². The SMILES string of the molecule is COc1cc(CN)ccc1OCc1ccccc1F. The van der Waals surface area contributed by atoms with E-state index < -0.39 is 0 Å². The molecule has 0 aliphatic rings. The number of rotatable bonds is 5. The Balaban J connectivity index is 2.13. The molecule has 19 heavy (non-hydrogen) atoms. The van der Waals surface area contributed by atoms with Gasteiger partial charge in [0.1, 0.15) is 12.4 Å². The summed E-state index contributed by atoms with van der Waals surface area (Å²) >= 11 is 0. The Morgan fingerprint density at radius 1 is 1.11 bits per heavy atom. The molecule has 0 bridgehead atoms. The van der Waals surface area contributed by atoms with Gasteiger partial charge >= 0.3 is 0 Å². The van der Waals surface area contributed by atoms with Crippen molar-refractivity contribution in [1.29, 1.82) is 0 Å². The van der Waals surface area contributed by atoms with E-state index in [4.69, 9.17) is 15.2 Å². The summed E-state index contributed by atoms with van der Waals surface area (Å²) in [6.45, 7) is 0.592. The monoisotopic (exact) mass is 261 g/mol. The lowest BCUT2D eigenvalue weighted by Gasteiger charge is -2.12. The summed E-state index contributed by atoms with van der Waals surface area (Å²) < 4.78 is 24.3. The zero-order valence-corrected chi connectivity index (χ0v) is 10.7. The minimum atomic E-state index is -0.278. The summed E-state index contributed by atoms with van der Waals surface area (Å²) in [6.07, 6.45) is 0. The van der Waals surface area contributed by atoms with Crippen molar-refractivity contribution < 1.29 is 13.9 Å². The molecule has 0 aromatic heterocycles. The van der Waals surface area contributed by atoms with Gasteiger partial charge in [-0.3, -0.25) is 0 Å². The molecule has 0 saturated heterocycles. The molecule has 0 fully saturated rings. The van der Waals surface area contributed by atoms with Gasteiger partial charge in [-0.2, -0.15) is 0 Å². The lowest BCUT2D eigenvalue weighted by molar-refractivity contribution is 0.279. The minimum Gasteiger partial charge on any atom is -0.493 e. The molecule has 2 aromatic carbocycles. The summed E-state index contributed by atoms with van der Waals surface area (Å²) in [5.74, 6) is 0.891. The lowest BCUT2D eigenvalue weighted by Crippen LogP contribution is -2.01. The third-order valence-electron chi connectivity index (χ3n) is 2.80. The van der Waals surface area contributed by atoms with Gasteiger partial charge in [0.15, 0.2) is 11.5 Å². The Bertz CT molecular complexity index is 558. The van der Waals surface area contributed by atoms with Crippen molar-refractivity contribution in [2.45, 2.75) is 13.2 Å². The summed E-state index contributed by atoms with van der Waals surface area (Å²) in [5, 5.41) is 0. The minimum absolute atomic E-state index is 0.158. The first kappa shape index (κ1) is 13.4. The van der Waals surface area contributed by atoms with Crippen LogP contribution in [0.15, 0.2) is 42.5 Å². The smallest absolute Gasteiger partial charge is 0.161 e. The number of halogens is 1. The average Bonchev–Trinajstić information content (AvgIpc) is 2.46. The molecular weight excluding hydrogens is 245 g/mol. The molecule has 0 unspecified atom stereocenters. The van der Waals surface area contributed by atoms with E-state index in [0.717, 1.165) is 5.56 Å². The van der Waals surface area contributed by atoms with Gasteiger partial charge in [-0.15, -0.1) is 0 Å². The van der Waals surface area contributed by atoms with Gasteiger partial charge in [-0.05, 0) is 23.8 Å². The third kappa shape index (κ3) is 3.23. The van der Waals surface area contributed by atoms with E-state index in [9.17, 15) is 4.39 Å². The standard InChI is InChI=1S/C15H16FNO2/c1-18-15-8-11(9-17)6-7-14(15)19-10-12-4-2-3-5-13(12)16/h2-8H,9-10,17H2,1H3. The van der Waals surface area contributed by atoms with Crippen LogP contribution >= 0.6 is 0 Å². The molecule has 2 rings (SSSR count). The highest BCUT2D eigenvalue weighted by molar-refractivity contribution is 5.43. The number of nitrogens with two attached hydrogens (primary N) is 1. The highest BCUT2D eigenvalue weighted by Gasteiger charge is 2.07. The second-order valence-corrected chi connectivity index (χ2v) is 4.07. The highest BCUT2D eigenvalue weighted by Crippen LogP contribution is 2.28. The predicted molar refractivity (Wildman–Crippen MR) is 71.6 cm³/mol. The van der Waals surface area contributed by atoms with E-state index in [1.54, 1.807) is 31.4 Å². The average molecular weight is 261 g/mol. The van der Waals surface area contributed by atoms with Gasteiger partial charge < -0.3 is 15.2 Å². The van der Waals surface area contributed by atoms with Crippen molar-refractivity contribution in [1.82, 2.24) is 0 Å². The molecular formula is C15H16FNO2. The second kappa shape index (κ2) is 6.20.